The number of anilines is 1. The van der Waals surface area contributed by atoms with Gasteiger partial charge in [-0.1, -0.05) is 24.3 Å². The van der Waals surface area contributed by atoms with E-state index in [-0.39, 0.29) is 16.4 Å². The molecule has 1 amide bonds. The van der Waals surface area contributed by atoms with E-state index in [2.05, 4.69) is 14.8 Å². The van der Waals surface area contributed by atoms with Crippen molar-refractivity contribution in [1.82, 2.24) is 19.5 Å². The Morgan fingerprint density at radius 3 is 2.52 bits per heavy atom. The van der Waals surface area contributed by atoms with E-state index in [0.717, 1.165) is 0 Å². The molecule has 3 N–H and O–H groups in total. The minimum absolute atomic E-state index is 0.0517. The molecule has 0 saturated carbocycles. The number of likely N-dealkylation sites (tertiary alicyclic amines) is 1. The zero-order valence-corrected chi connectivity index (χ0v) is 18.2. The molecular weight excluding hydrogens is 446 g/mol. The van der Waals surface area contributed by atoms with Crippen LogP contribution in [0.4, 0.5) is 10.5 Å². The predicted octanol–water partition coefficient (Wildman–Crippen LogP) is 2.83. The van der Waals surface area contributed by atoms with E-state index in [1.54, 1.807) is 40.9 Å². The molecule has 1 aliphatic heterocycles. The summed E-state index contributed by atoms with van der Waals surface area (Å²) in [7, 11) is -3.85. The lowest BCUT2D eigenvalue weighted by atomic mass is 9.93. The molecule has 4 aromatic rings. The van der Waals surface area contributed by atoms with Crippen molar-refractivity contribution in [3.05, 3.63) is 70.6 Å². The van der Waals surface area contributed by atoms with Gasteiger partial charge >= 0.3 is 6.09 Å². The normalized spacial score (nSPS) is 15.2. The van der Waals surface area contributed by atoms with Gasteiger partial charge in [-0.05, 0) is 37.1 Å². The Morgan fingerprint density at radius 1 is 1.09 bits per heavy atom. The zero-order chi connectivity index (χ0) is 23.2. The van der Waals surface area contributed by atoms with Crippen molar-refractivity contribution < 1.29 is 18.3 Å². The number of benzene rings is 2. The number of piperidine rings is 1. The quantitative estimate of drug-likeness (QED) is 0.422. The average Bonchev–Trinajstić information content (AvgIpc) is 3.18. The van der Waals surface area contributed by atoms with Crippen molar-refractivity contribution in [3.63, 3.8) is 0 Å². The van der Waals surface area contributed by atoms with Crippen LogP contribution in [0.1, 0.15) is 24.5 Å². The van der Waals surface area contributed by atoms with Gasteiger partial charge in [0, 0.05) is 25.1 Å². The molecule has 3 heterocycles. The number of hydrogen-bond acceptors (Lipinski definition) is 5. The molecular formula is C22H21N5O5S. The maximum absolute atomic E-state index is 12.9. The number of amides is 1. The Morgan fingerprint density at radius 2 is 1.82 bits per heavy atom. The van der Waals surface area contributed by atoms with Crippen molar-refractivity contribution in [2.45, 2.75) is 23.7 Å². The maximum atomic E-state index is 12.9. The number of rotatable bonds is 4. The van der Waals surface area contributed by atoms with Crippen LogP contribution in [-0.4, -0.2) is 52.2 Å². The second-order valence-electron chi connectivity index (χ2n) is 7.98. The summed E-state index contributed by atoms with van der Waals surface area (Å²) in [5.41, 5.74) is 1.56. The van der Waals surface area contributed by atoms with E-state index in [0.29, 0.717) is 53.9 Å². The number of nitrogens with zero attached hydrogens (tertiary/aromatic N) is 3. The minimum Gasteiger partial charge on any atom is -0.465 e. The third-order valence-corrected chi connectivity index (χ3v) is 7.33. The highest BCUT2D eigenvalue weighted by Gasteiger charge is 2.27. The van der Waals surface area contributed by atoms with E-state index < -0.39 is 16.1 Å². The lowest BCUT2D eigenvalue weighted by molar-refractivity contribution is 0.131. The summed E-state index contributed by atoms with van der Waals surface area (Å²) < 4.78 is 30.1. The minimum atomic E-state index is -3.85. The molecule has 33 heavy (non-hydrogen) atoms. The van der Waals surface area contributed by atoms with Crippen LogP contribution in [0.15, 0.2) is 64.3 Å². The number of nitrogens with one attached hydrogen (secondary N) is 2. The second-order valence-corrected chi connectivity index (χ2v) is 9.66. The van der Waals surface area contributed by atoms with Gasteiger partial charge in [0.25, 0.3) is 15.6 Å². The van der Waals surface area contributed by atoms with E-state index >= 15 is 0 Å². The van der Waals surface area contributed by atoms with Gasteiger partial charge in [-0.2, -0.15) is 5.10 Å². The highest BCUT2D eigenvalue weighted by molar-refractivity contribution is 7.92. The van der Waals surface area contributed by atoms with Crippen LogP contribution < -0.4 is 10.3 Å². The first-order chi connectivity index (χ1) is 15.8. The van der Waals surface area contributed by atoms with E-state index in [9.17, 15) is 23.1 Å². The first-order valence-corrected chi connectivity index (χ1v) is 11.9. The summed E-state index contributed by atoms with van der Waals surface area (Å²) in [6, 6.07) is 14.6. The molecule has 170 valence electrons. The molecule has 2 aromatic carbocycles. The summed E-state index contributed by atoms with van der Waals surface area (Å²) in [5.74, 6) is -0.0517. The number of hydrogen-bond donors (Lipinski definition) is 3. The van der Waals surface area contributed by atoms with Crippen LogP contribution in [0, 0.1) is 0 Å². The molecule has 2 aromatic heterocycles. The summed E-state index contributed by atoms with van der Waals surface area (Å²) in [5, 5.41) is 14.3. The van der Waals surface area contributed by atoms with Crippen LogP contribution >= 0.6 is 0 Å². The van der Waals surface area contributed by atoms with E-state index in [1.807, 2.05) is 0 Å². The van der Waals surface area contributed by atoms with Gasteiger partial charge in [0.2, 0.25) is 0 Å². The van der Waals surface area contributed by atoms with Gasteiger partial charge < -0.3 is 15.0 Å². The Balaban J connectivity index is 1.60. The highest BCUT2D eigenvalue weighted by Crippen LogP contribution is 2.32. The number of carboxylic acid groups (broad SMARTS) is 1. The molecule has 1 saturated heterocycles. The Hall–Kier alpha value is -3.86. The van der Waals surface area contributed by atoms with E-state index in [4.69, 9.17) is 0 Å². The highest BCUT2D eigenvalue weighted by atomic mass is 32.2. The molecule has 0 spiro atoms. The molecule has 0 radical (unpaired) electrons. The van der Waals surface area contributed by atoms with Crippen molar-refractivity contribution in [3.8, 4) is 0 Å². The second kappa shape index (κ2) is 7.93. The van der Waals surface area contributed by atoms with Gasteiger partial charge in [-0.25, -0.2) is 17.7 Å². The molecule has 5 rings (SSSR count). The summed E-state index contributed by atoms with van der Waals surface area (Å²) >= 11 is 0. The molecule has 1 aliphatic rings. The van der Waals surface area contributed by atoms with Gasteiger partial charge in [0.15, 0.2) is 0 Å². The smallest absolute Gasteiger partial charge is 0.407 e. The molecule has 11 heteroatoms. The molecule has 0 atom stereocenters. The fourth-order valence-corrected chi connectivity index (χ4v) is 5.43. The van der Waals surface area contributed by atoms with Crippen molar-refractivity contribution in [2.75, 3.05) is 17.8 Å². The molecule has 0 bridgehead atoms. The van der Waals surface area contributed by atoms with Crippen LogP contribution in [0.3, 0.4) is 0 Å². The van der Waals surface area contributed by atoms with E-state index in [1.165, 1.54) is 23.1 Å². The largest absolute Gasteiger partial charge is 0.465 e. The van der Waals surface area contributed by atoms with Gasteiger partial charge in [0.1, 0.15) is 5.65 Å². The number of fused-ring (bicyclic) bond motifs is 3. The molecule has 0 aliphatic carbocycles. The monoisotopic (exact) mass is 467 g/mol. The van der Waals surface area contributed by atoms with Gasteiger partial charge in [-0.15, -0.1) is 0 Å². The van der Waals surface area contributed by atoms with Crippen molar-refractivity contribution in [2.24, 2.45) is 0 Å². The Labute approximate surface area is 188 Å². The van der Waals surface area contributed by atoms with Crippen LogP contribution in [0.25, 0.3) is 16.6 Å². The van der Waals surface area contributed by atoms with Crippen molar-refractivity contribution >= 4 is 38.4 Å². The first kappa shape index (κ1) is 21.0. The number of aromatic nitrogens is 3. The first-order valence-electron chi connectivity index (χ1n) is 10.4. The van der Waals surface area contributed by atoms with Gasteiger partial charge in [-0.3, -0.25) is 9.52 Å². The zero-order valence-electron chi connectivity index (χ0n) is 17.4. The summed E-state index contributed by atoms with van der Waals surface area (Å²) in [6.07, 6.45) is 0.174. The Kier molecular flexibility index (Phi) is 5.05. The number of H-pyrrole nitrogens is 1. The number of carbonyl (C=O) groups is 1. The summed E-state index contributed by atoms with van der Waals surface area (Å²) in [4.78, 5) is 28.0. The van der Waals surface area contributed by atoms with Gasteiger partial charge in [0.05, 0.1) is 27.2 Å². The predicted molar refractivity (Wildman–Crippen MR) is 122 cm³/mol. The Bertz CT molecular complexity index is 1520. The number of aromatic amines is 1. The topological polar surface area (TPSA) is 137 Å². The van der Waals surface area contributed by atoms with Crippen LogP contribution in [-0.2, 0) is 10.0 Å². The third kappa shape index (κ3) is 3.80. The fourth-order valence-electron chi connectivity index (χ4n) is 4.33. The fraction of sp³-hybridized carbons (Fsp3) is 0.227. The number of sulfonamides is 1. The molecule has 0 unspecified atom stereocenters. The summed E-state index contributed by atoms with van der Waals surface area (Å²) in [6.45, 7) is 0.744. The van der Waals surface area contributed by atoms with Crippen molar-refractivity contribution in [1.29, 1.82) is 0 Å². The lowest BCUT2D eigenvalue weighted by Gasteiger charge is -2.30. The van der Waals surface area contributed by atoms with Crippen LogP contribution in [0.5, 0.6) is 0 Å². The maximum Gasteiger partial charge on any atom is 0.407 e. The average molecular weight is 468 g/mol. The standard InChI is InChI=1S/C22H21N5O5S/c28-19-13-18(14-9-11-26(12-10-14)22(29)30)27-21(23-19)20-16(24-27)7-4-8-17(20)25-33(31,32)15-5-2-1-3-6-15/h1-8,13-14,25H,9-12H2,(H,23,28)(H,29,30). The third-order valence-electron chi connectivity index (χ3n) is 5.95. The SMILES string of the molecule is O=C(O)N1CCC(c2cc(=O)[nH]c3c4c(NS(=O)(=O)c5ccccc5)cccc4nn23)CC1. The lowest BCUT2D eigenvalue weighted by Crippen LogP contribution is -2.37. The molecule has 10 nitrogen and oxygen atoms in total. The van der Waals surface area contributed by atoms with Crippen LogP contribution in [0.2, 0.25) is 0 Å². The molecule has 1 fully saturated rings.